The molecule has 1 N–H and O–H groups in total. The molecule has 172 valence electrons. The lowest BCUT2D eigenvalue weighted by atomic mass is 10.1. The lowest BCUT2D eigenvalue weighted by Gasteiger charge is -2.31. The first-order valence-electron chi connectivity index (χ1n) is 11.1. The molecule has 32 heavy (non-hydrogen) atoms. The molecule has 2 amide bonds. The van der Waals surface area contributed by atoms with Gasteiger partial charge < -0.3 is 15.0 Å². The van der Waals surface area contributed by atoms with E-state index in [-0.39, 0.29) is 31.0 Å². The van der Waals surface area contributed by atoms with Crippen LogP contribution >= 0.6 is 23.2 Å². The third kappa shape index (κ3) is 6.39. The molecule has 0 radical (unpaired) electrons. The number of carbonyl (C=O) groups is 2. The predicted octanol–water partition coefficient (Wildman–Crippen LogP) is 5.55. The van der Waals surface area contributed by atoms with E-state index in [4.69, 9.17) is 27.9 Å². The number of nitrogens with zero attached hydrogens (tertiary/aromatic N) is 1. The minimum Gasteiger partial charge on any atom is -0.484 e. The summed E-state index contributed by atoms with van der Waals surface area (Å²) in [5.74, 6) is 0.273. The van der Waals surface area contributed by atoms with Gasteiger partial charge in [-0.25, -0.2) is 0 Å². The second-order valence-corrected chi connectivity index (χ2v) is 9.05. The topological polar surface area (TPSA) is 58.6 Å². The molecule has 1 fully saturated rings. The zero-order valence-electron chi connectivity index (χ0n) is 18.6. The van der Waals surface area contributed by atoms with E-state index in [0.717, 1.165) is 36.8 Å². The van der Waals surface area contributed by atoms with Crippen molar-refractivity contribution in [2.45, 2.75) is 64.6 Å². The summed E-state index contributed by atoms with van der Waals surface area (Å²) >= 11 is 12.2. The molecule has 3 rings (SSSR count). The van der Waals surface area contributed by atoms with Gasteiger partial charge >= 0.3 is 0 Å². The second-order valence-electron chi connectivity index (χ2n) is 8.24. The number of ether oxygens (including phenoxy) is 1. The molecule has 0 aromatic heterocycles. The van der Waals surface area contributed by atoms with Crippen LogP contribution in [0.5, 0.6) is 5.75 Å². The van der Waals surface area contributed by atoms with Crippen LogP contribution in [0.4, 0.5) is 0 Å². The van der Waals surface area contributed by atoms with Gasteiger partial charge in [0.05, 0.1) is 10.0 Å². The Morgan fingerprint density at radius 1 is 1.12 bits per heavy atom. The van der Waals surface area contributed by atoms with Crippen molar-refractivity contribution in [1.29, 1.82) is 0 Å². The van der Waals surface area contributed by atoms with E-state index >= 15 is 0 Å². The molecule has 0 aliphatic heterocycles. The number of amides is 2. The van der Waals surface area contributed by atoms with Crippen molar-refractivity contribution in [2.24, 2.45) is 0 Å². The molecular formula is C25H30Cl2N2O3. The number of hydrogen-bond acceptors (Lipinski definition) is 3. The van der Waals surface area contributed by atoms with E-state index in [0.29, 0.717) is 22.2 Å². The highest BCUT2D eigenvalue weighted by Crippen LogP contribution is 2.25. The van der Waals surface area contributed by atoms with E-state index in [1.54, 1.807) is 17.0 Å². The van der Waals surface area contributed by atoms with Crippen LogP contribution in [0.1, 0.15) is 50.2 Å². The van der Waals surface area contributed by atoms with Crippen LogP contribution in [0, 0.1) is 6.92 Å². The minimum absolute atomic E-state index is 0.122. The largest absolute Gasteiger partial charge is 0.484 e. The highest BCUT2D eigenvalue weighted by Gasteiger charge is 2.31. The Hall–Kier alpha value is -2.24. The van der Waals surface area contributed by atoms with Gasteiger partial charge in [-0.1, -0.05) is 67.2 Å². The monoisotopic (exact) mass is 476 g/mol. The third-order valence-electron chi connectivity index (χ3n) is 5.87. The summed E-state index contributed by atoms with van der Waals surface area (Å²) in [5.41, 5.74) is 1.75. The molecule has 0 saturated heterocycles. The first-order chi connectivity index (χ1) is 15.4. The molecule has 1 atom stereocenters. The average molecular weight is 477 g/mol. The van der Waals surface area contributed by atoms with Gasteiger partial charge in [0.25, 0.3) is 5.91 Å². The van der Waals surface area contributed by atoms with Gasteiger partial charge in [-0.05, 0) is 55.5 Å². The highest BCUT2D eigenvalue weighted by molar-refractivity contribution is 6.42. The van der Waals surface area contributed by atoms with Gasteiger partial charge in [0, 0.05) is 12.6 Å². The third-order valence-corrected chi connectivity index (χ3v) is 6.61. The average Bonchev–Trinajstić information content (AvgIpc) is 3.28. The molecule has 2 aromatic rings. The molecule has 0 unspecified atom stereocenters. The predicted molar refractivity (Wildman–Crippen MR) is 128 cm³/mol. The molecule has 1 aliphatic rings. The quantitative estimate of drug-likeness (QED) is 0.516. The summed E-state index contributed by atoms with van der Waals surface area (Å²) in [6, 6.07) is 12.4. The fourth-order valence-electron chi connectivity index (χ4n) is 4.06. The van der Waals surface area contributed by atoms with Crippen LogP contribution in [0.2, 0.25) is 10.0 Å². The highest BCUT2D eigenvalue weighted by atomic mass is 35.5. The summed E-state index contributed by atoms with van der Waals surface area (Å²) in [4.78, 5) is 28.0. The van der Waals surface area contributed by atoms with E-state index in [1.165, 1.54) is 0 Å². The maximum Gasteiger partial charge on any atom is 0.261 e. The zero-order chi connectivity index (χ0) is 23.1. The molecule has 7 heteroatoms. The zero-order valence-corrected chi connectivity index (χ0v) is 20.1. The normalized spacial score (nSPS) is 14.8. The van der Waals surface area contributed by atoms with Crippen LogP contribution in [-0.4, -0.2) is 35.4 Å². The van der Waals surface area contributed by atoms with Gasteiger partial charge in [0.1, 0.15) is 11.8 Å². The van der Waals surface area contributed by atoms with Gasteiger partial charge in [0.2, 0.25) is 5.91 Å². The molecule has 2 aromatic carbocycles. The number of benzene rings is 2. The number of rotatable bonds is 9. The van der Waals surface area contributed by atoms with Crippen molar-refractivity contribution in [3.63, 3.8) is 0 Å². The molecule has 1 saturated carbocycles. The van der Waals surface area contributed by atoms with Crippen LogP contribution in [-0.2, 0) is 16.1 Å². The van der Waals surface area contributed by atoms with E-state index in [2.05, 4.69) is 5.32 Å². The first kappa shape index (κ1) is 24.4. The maximum absolute atomic E-state index is 13.3. The van der Waals surface area contributed by atoms with Crippen molar-refractivity contribution in [3.05, 3.63) is 63.6 Å². The van der Waals surface area contributed by atoms with Gasteiger partial charge in [-0.15, -0.1) is 0 Å². The van der Waals surface area contributed by atoms with E-state index in [9.17, 15) is 9.59 Å². The summed E-state index contributed by atoms with van der Waals surface area (Å²) in [6.07, 6.45) is 4.71. The molecular weight excluding hydrogens is 447 g/mol. The number of carbonyl (C=O) groups excluding carboxylic acids is 2. The summed E-state index contributed by atoms with van der Waals surface area (Å²) in [6.45, 7) is 3.93. The Bertz CT molecular complexity index is 945. The molecule has 0 bridgehead atoms. The Morgan fingerprint density at radius 2 is 1.84 bits per heavy atom. The SMILES string of the molecule is CC[C@H](C(=O)NC1CCCC1)N(Cc1ccc(Cl)c(Cl)c1)C(=O)COc1ccccc1C. The van der Waals surface area contributed by atoms with Crippen LogP contribution in [0.15, 0.2) is 42.5 Å². The van der Waals surface area contributed by atoms with Crippen LogP contribution in [0.25, 0.3) is 0 Å². The van der Waals surface area contributed by atoms with E-state index in [1.807, 2.05) is 44.2 Å². The van der Waals surface area contributed by atoms with Gasteiger partial charge in [-0.3, -0.25) is 9.59 Å². The summed E-state index contributed by atoms with van der Waals surface area (Å²) in [5, 5.41) is 3.99. The number of nitrogens with one attached hydrogen (secondary N) is 1. The Kier molecular flexibility index (Phi) is 8.83. The summed E-state index contributed by atoms with van der Waals surface area (Å²) in [7, 11) is 0. The molecule has 1 aliphatic carbocycles. The number of hydrogen-bond donors (Lipinski definition) is 1. The number of para-hydroxylation sites is 1. The second kappa shape index (κ2) is 11.6. The fourth-order valence-corrected chi connectivity index (χ4v) is 4.38. The molecule has 0 spiro atoms. The summed E-state index contributed by atoms with van der Waals surface area (Å²) < 4.78 is 5.80. The van der Waals surface area contributed by atoms with Crippen molar-refractivity contribution < 1.29 is 14.3 Å². The van der Waals surface area contributed by atoms with Crippen molar-refractivity contribution >= 4 is 35.0 Å². The van der Waals surface area contributed by atoms with Gasteiger partial charge in [-0.2, -0.15) is 0 Å². The van der Waals surface area contributed by atoms with E-state index < -0.39 is 6.04 Å². The maximum atomic E-state index is 13.3. The molecule has 5 nitrogen and oxygen atoms in total. The Morgan fingerprint density at radius 3 is 2.50 bits per heavy atom. The minimum atomic E-state index is -0.599. The Labute approximate surface area is 200 Å². The standard InChI is InChI=1S/C25H30Cl2N2O3/c1-3-22(25(31)28-19-9-5-6-10-19)29(15-18-12-13-20(26)21(27)14-18)24(30)16-32-23-11-7-4-8-17(23)2/h4,7-8,11-14,19,22H,3,5-6,9-10,15-16H2,1-2H3,(H,28,31)/t22-/m1/s1. The lowest BCUT2D eigenvalue weighted by molar-refractivity contribution is -0.143. The lowest BCUT2D eigenvalue weighted by Crippen LogP contribution is -2.52. The van der Waals surface area contributed by atoms with Crippen molar-refractivity contribution in [2.75, 3.05) is 6.61 Å². The smallest absolute Gasteiger partial charge is 0.261 e. The van der Waals surface area contributed by atoms with Crippen LogP contribution in [0.3, 0.4) is 0 Å². The van der Waals surface area contributed by atoms with Gasteiger partial charge in [0.15, 0.2) is 6.61 Å². The van der Waals surface area contributed by atoms with Crippen LogP contribution < -0.4 is 10.1 Å². The van der Waals surface area contributed by atoms with Crippen molar-refractivity contribution in [3.8, 4) is 5.75 Å². The molecule has 0 heterocycles. The fraction of sp³-hybridized carbons (Fsp3) is 0.440. The number of aryl methyl sites for hydroxylation is 1. The van der Waals surface area contributed by atoms with Crippen molar-refractivity contribution in [1.82, 2.24) is 10.2 Å². The number of halogens is 2. The Balaban J connectivity index is 1.79. The first-order valence-corrected chi connectivity index (χ1v) is 11.9.